The van der Waals surface area contributed by atoms with Gasteiger partial charge in [0.2, 0.25) is 10.0 Å². The van der Waals surface area contributed by atoms with Crippen molar-refractivity contribution in [1.82, 2.24) is 0 Å². The molecule has 0 aromatic heterocycles. The van der Waals surface area contributed by atoms with Gasteiger partial charge in [0.15, 0.2) is 0 Å². The summed E-state index contributed by atoms with van der Waals surface area (Å²) in [6.45, 7) is 0.930. The summed E-state index contributed by atoms with van der Waals surface area (Å²) in [7, 11) is -3.58. The number of sulfonamides is 1. The minimum atomic E-state index is -3.58. The first-order chi connectivity index (χ1) is 8.05. The number of thioether (sulfide) groups is 1. The second-order valence-electron chi connectivity index (χ2n) is 4.09. The van der Waals surface area contributed by atoms with E-state index in [0.29, 0.717) is 5.25 Å². The van der Waals surface area contributed by atoms with Gasteiger partial charge in [-0.2, -0.15) is 11.8 Å². The minimum Gasteiger partial charge on any atom is -0.384 e. The van der Waals surface area contributed by atoms with E-state index >= 15 is 0 Å². The lowest BCUT2D eigenvalue weighted by molar-refractivity contribution is 0.598. The molecule has 1 heterocycles. The summed E-state index contributed by atoms with van der Waals surface area (Å²) in [6, 6.07) is 6.55. The summed E-state index contributed by atoms with van der Waals surface area (Å²) in [6.07, 6.45) is 2.55. The lowest BCUT2D eigenvalue weighted by Crippen LogP contribution is -2.14. The molecule has 1 aromatic carbocycles. The molecule has 1 unspecified atom stereocenters. The molecule has 1 saturated heterocycles. The molecule has 0 saturated carbocycles. The maximum absolute atomic E-state index is 11.1. The van der Waals surface area contributed by atoms with E-state index in [0.717, 1.165) is 12.2 Å². The van der Waals surface area contributed by atoms with Gasteiger partial charge in [0.1, 0.15) is 0 Å². The number of hydrogen-bond donors (Lipinski definition) is 2. The summed E-state index contributed by atoms with van der Waals surface area (Å²) in [5.74, 6) is 1.25. The standard InChI is InChI=1S/C11H16N2O2S2/c12-17(14,15)11-5-3-9(4-6-11)13-8-10-2-1-7-16-10/h3-6,10,13H,1-2,7-8H2,(H2,12,14,15). The Bertz CT molecular complexity index is 465. The van der Waals surface area contributed by atoms with Gasteiger partial charge in [-0.05, 0) is 42.9 Å². The van der Waals surface area contributed by atoms with E-state index in [2.05, 4.69) is 5.32 Å². The van der Waals surface area contributed by atoms with Crippen LogP contribution in [0.5, 0.6) is 0 Å². The predicted molar refractivity (Wildman–Crippen MR) is 71.8 cm³/mol. The van der Waals surface area contributed by atoms with Crippen molar-refractivity contribution >= 4 is 27.5 Å². The molecule has 4 nitrogen and oxygen atoms in total. The highest BCUT2D eigenvalue weighted by Crippen LogP contribution is 2.26. The number of nitrogens with one attached hydrogen (secondary N) is 1. The molecule has 1 fully saturated rings. The summed E-state index contributed by atoms with van der Waals surface area (Å²) >= 11 is 1.99. The molecule has 0 spiro atoms. The number of anilines is 1. The van der Waals surface area contributed by atoms with Gasteiger partial charge in [-0.3, -0.25) is 0 Å². The summed E-state index contributed by atoms with van der Waals surface area (Å²) in [5.41, 5.74) is 0.935. The third-order valence-corrected chi connectivity index (χ3v) is 5.07. The molecule has 1 aliphatic heterocycles. The molecule has 17 heavy (non-hydrogen) atoms. The van der Waals surface area contributed by atoms with Crippen molar-refractivity contribution in [1.29, 1.82) is 0 Å². The summed E-state index contributed by atoms with van der Waals surface area (Å²) in [5, 5.41) is 9.01. The van der Waals surface area contributed by atoms with Gasteiger partial charge in [0.05, 0.1) is 4.90 Å². The molecule has 0 radical (unpaired) electrons. The van der Waals surface area contributed by atoms with Crippen molar-refractivity contribution in [3.05, 3.63) is 24.3 Å². The SMILES string of the molecule is NS(=O)(=O)c1ccc(NCC2CCCS2)cc1. The average Bonchev–Trinajstić information content (AvgIpc) is 2.78. The molecule has 2 rings (SSSR count). The first kappa shape index (κ1) is 12.7. The quantitative estimate of drug-likeness (QED) is 0.874. The van der Waals surface area contributed by atoms with E-state index in [4.69, 9.17) is 5.14 Å². The van der Waals surface area contributed by atoms with E-state index in [1.807, 2.05) is 11.8 Å². The zero-order chi connectivity index (χ0) is 12.3. The number of rotatable bonds is 4. The van der Waals surface area contributed by atoms with Crippen molar-refractivity contribution in [3.63, 3.8) is 0 Å². The third kappa shape index (κ3) is 3.62. The molecule has 1 atom stereocenters. The zero-order valence-corrected chi connectivity index (χ0v) is 11.1. The van der Waals surface area contributed by atoms with Gasteiger partial charge in [-0.15, -0.1) is 0 Å². The molecule has 6 heteroatoms. The molecule has 1 aliphatic rings. The monoisotopic (exact) mass is 272 g/mol. The fourth-order valence-corrected chi connectivity index (χ4v) is 3.52. The van der Waals surface area contributed by atoms with Gasteiger partial charge < -0.3 is 5.32 Å². The van der Waals surface area contributed by atoms with E-state index in [1.165, 1.54) is 30.7 Å². The summed E-state index contributed by atoms with van der Waals surface area (Å²) in [4.78, 5) is 0.151. The van der Waals surface area contributed by atoms with Gasteiger partial charge in [-0.1, -0.05) is 0 Å². The number of benzene rings is 1. The van der Waals surface area contributed by atoms with Crippen LogP contribution in [0, 0.1) is 0 Å². The van der Waals surface area contributed by atoms with E-state index in [-0.39, 0.29) is 4.90 Å². The zero-order valence-electron chi connectivity index (χ0n) is 9.43. The number of primary sulfonamides is 1. The normalized spacial score (nSPS) is 20.4. The van der Waals surface area contributed by atoms with Crippen molar-refractivity contribution in [2.24, 2.45) is 5.14 Å². The summed E-state index contributed by atoms with van der Waals surface area (Å²) < 4.78 is 22.1. The molecule has 0 aliphatic carbocycles. The Morgan fingerprint density at radius 1 is 1.35 bits per heavy atom. The lowest BCUT2D eigenvalue weighted by Gasteiger charge is -2.11. The van der Waals surface area contributed by atoms with Crippen LogP contribution in [-0.4, -0.2) is 26.0 Å². The van der Waals surface area contributed by atoms with Gasteiger partial charge >= 0.3 is 0 Å². The molecular formula is C11H16N2O2S2. The average molecular weight is 272 g/mol. The van der Waals surface area contributed by atoms with Gasteiger partial charge in [0.25, 0.3) is 0 Å². The molecule has 3 N–H and O–H groups in total. The third-order valence-electron chi connectivity index (χ3n) is 2.74. The van der Waals surface area contributed by atoms with Crippen LogP contribution in [0.4, 0.5) is 5.69 Å². The fourth-order valence-electron chi connectivity index (χ4n) is 1.80. The van der Waals surface area contributed by atoms with Crippen molar-refractivity contribution in [3.8, 4) is 0 Å². The molecule has 0 bridgehead atoms. The van der Waals surface area contributed by atoms with Crippen molar-refractivity contribution in [2.75, 3.05) is 17.6 Å². The van der Waals surface area contributed by atoms with Crippen LogP contribution in [0.1, 0.15) is 12.8 Å². The molecular weight excluding hydrogens is 256 g/mol. The van der Waals surface area contributed by atoms with Crippen LogP contribution in [-0.2, 0) is 10.0 Å². The van der Waals surface area contributed by atoms with Crippen LogP contribution in [0.25, 0.3) is 0 Å². The van der Waals surface area contributed by atoms with Crippen molar-refractivity contribution in [2.45, 2.75) is 23.0 Å². The Kier molecular flexibility index (Phi) is 3.96. The number of nitrogens with two attached hydrogens (primary N) is 1. The van der Waals surface area contributed by atoms with E-state index < -0.39 is 10.0 Å². The largest absolute Gasteiger partial charge is 0.384 e. The second kappa shape index (κ2) is 5.29. The molecule has 0 amide bonds. The number of hydrogen-bond acceptors (Lipinski definition) is 4. The Labute approximate surface area is 106 Å². The predicted octanol–water partition coefficient (Wildman–Crippen LogP) is 1.64. The highest BCUT2D eigenvalue weighted by Gasteiger charge is 2.15. The maximum Gasteiger partial charge on any atom is 0.238 e. The van der Waals surface area contributed by atoms with Crippen molar-refractivity contribution < 1.29 is 8.42 Å². The lowest BCUT2D eigenvalue weighted by atomic mass is 10.2. The fraction of sp³-hybridized carbons (Fsp3) is 0.455. The van der Waals surface area contributed by atoms with E-state index in [9.17, 15) is 8.42 Å². The van der Waals surface area contributed by atoms with Crippen LogP contribution in [0.3, 0.4) is 0 Å². The Balaban J connectivity index is 1.94. The van der Waals surface area contributed by atoms with Crippen LogP contribution < -0.4 is 10.5 Å². The Hall–Kier alpha value is -0.720. The van der Waals surface area contributed by atoms with Gasteiger partial charge in [-0.25, -0.2) is 13.6 Å². The molecule has 94 valence electrons. The minimum absolute atomic E-state index is 0.151. The van der Waals surface area contributed by atoms with Gasteiger partial charge in [0, 0.05) is 17.5 Å². The first-order valence-corrected chi connectivity index (χ1v) is 8.13. The first-order valence-electron chi connectivity index (χ1n) is 5.54. The Morgan fingerprint density at radius 2 is 2.06 bits per heavy atom. The van der Waals surface area contributed by atoms with E-state index in [1.54, 1.807) is 12.1 Å². The smallest absolute Gasteiger partial charge is 0.238 e. The highest BCUT2D eigenvalue weighted by atomic mass is 32.2. The van der Waals surface area contributed by atoms with Crippen LogP contribution in [0.15, 0.2) is 29.2 Å². The Morgan fingerprint density at radius 3 is 2.59 bits per heavy atom. The van der Waals surface area contributed by atoms with Crippen LogP contribution in [0.2, 0.25) is 0 Å². The topological polar surface area (TPSA) is 72.2 Å². The molecule has 1 aromatic rings. The second-order valence-corrected chi connectivity index (χ2v) is 7.05. The maximum atomic E-state index is 11.1. The highest BCUT2D eigenvalue weighted by molar-refractivity contribution is 8.00. The van der Waals surface area contributed by atoms with Crippen LogP contribution >= 0.6 is 11.8 Å².